The molecule has 0 saturated carbocycles. The van der Waals surface area contributed by atoms with E-state index in [1.54, 1.807) is 6.20 Å². The Morgan fingerprint density at radius 2 is 1.35 bits per heavy atom. The maximum absolute atomic E-state index is 6.42. The molecule has 0 N–H and O–H groups in total. The summed E-state index contributed by atoms with van der Waals surface area (Å²) in [6.45, 7) is 18.6. The van der Waals surface area contributed by atoms with E-state index >= 15 is 0 Å². The molecule has 7 heteroatoms. The largest absolute Gasteiger partial charge is 0.486 e. The van der Waals surface area contributed by atoms with Gasteiger partial charge in [-0.05, 0) is 81.7 Å². The number of aromatic nitrogens is 4. The first kappa shape index (κ1) is 45.3. The fourth-order valence-electron chi connectivity index (χ4n) is 8.63. The summed E-state index contributed by atoms with van der Waals surface area (Å²) < 4.78 is 8.73. The van der Waals surface area contributed by atoms with Crippen LogP contribution in [0.5, 0.6) is 0 Å². The molecule has 0 aliphatic carbocycles. The fourth-order valence-corrected chi connectivity index (χ4v) is 10.2. The van der Waals surface area contributed by atoms with Crippen molar-refractivity contribution in [2.75, 3.05) is 0 Å². The number of hydrogen-bond donors (Lipinski definition) is 0. The number of nitrogens with zero attached hydrogens (tertiary/aromatic N) is 4. The van der Waals surface area contributed by atoms with Gasteiger partial charge in [0, 0.05) is 49.0 Å². The first-order chi connectivity index (χ1) is 30.8. The zero-order valence-corrected chi connectivity index (χ0v) is 41.8. The van der Waals surface area contributed by atoms with E-state index in [1.807, 2.05) is 48.5 Å². The summed E-state index contributed by atoms with van der Waals surface area (Å²) in [6.07, 6.45) is 5.00. The molecule has 6 aromatic carbocycles. The van der Waals surface area contributed by atoms with Gasteiger partial charge in [-0.1, -0.05) is 150 Å². The van der Waals surface area contributed by atoms with Crippen LogP contribution in [0.15, 0.2) is 168 Å². The summed E-state index contributed by atoms with van der Waals surface area (Å²) >= 11 is 0. The molecule has 4 heterocycles. The standard InChI is InChI=1S/C40H30N3O.C18H24NSi.Ir/c1-40(2,3)28-24-32(26-14-6-4-7-15-26)36(33(25-28)27-16-8-5-9-17-27)43-35-22-11-10-21-34(35)42-38(43)31-19-12-18-29-30-20-13-23-41-39(30)44-37(29)31;1-14(2)11-16-12-17(15-9-7-6-8-10-15)19-13-18(16)20(3,4)5;/h4-18,20-25H,1-3H3;6-9,12-14H,11H2,1-5H3;/q2*-1;. The maximum Gasteiger partial charge on any atom is 0.216 e. The third kappa shape index (κ3) is 9.33. The van der Waals surface area contributed by atoms with Crippen molar-refractivity contribution in [1.82, 2.24) is 19.5 Å². The molecule has 0 saturated heterocycles. The summed E-state index contributed by atoms with van der Waals surface area (Å²) in [5.41, 5.74) is 14.5. The van der Waals surface area contributed by atoms with Crippen molar-refractivity contribution in [2.24, 2.45) is 5.92 Å². The molecule has 0 amide bonds. The molecular formula is C58H54IrN4OSi-2. The monoisotopic (exact) mass is 1040 g/mol. The Labute approximate surface area is 398 Å². The van der Waals surface area contributed by atoms with Gasteiger partial charge in [0.1, 0.15) is 0 Å². The number of imidazole rings is 1. The van der Waals surface area contributed by atoms with E-state index in [0.717, 1.165) is 84.4 Å². The maximum atomic E-state index is 6.42. The van der Waals surface area contributed by atoms with Crippen LogP contribution >= 0.6 is 0 Å². The molecule has 10 rings (SSSR count). The van der Waals surface area contributed by atoms with E-state index < -0.39 is 8.07 Å². The van der Waals surface area contributed by atoms with Crippen LogP contribution in [0.2, 0.25) is 19.6 Å². The molecule has 10 aromatic rings. The van der Waals surface area contributed by atoms with Crippen molar-refractivity contribution in [1.29, 1.82) is 0 Å². The second-order valence-electron chi connectivity index (χ2n) is 19.1. The van der Waals surface area contributed by atoms with Crippen LogP contribution in [0.25, 0.3) is 83.7 Å². The minimum Gasteiger partial charge on any atom is -0.486 e. The van der Waals surface area contributed by atoms with E-state index in [2.05, 4.69) is 190 Å². The molecule has 0 unspecified atom stereocenters. The van der Waals surface area contributed by atoms with Gasteiger partial charge in [0.2, 0.25) is 5.71 Å². The summed E-state index contributed by atoms with van der Waals surface area (Å²) in [5, 5.41) is 3.46. The third-order valence-corrected chi connectivity index (χ3v) is 13.8. The second-order valence-corrected chi connectivity index (χ2v) is 24.1. The van der Waals surface area contributed by atoms with Gasteiger partial charge in [-0.15, -0.1) is 54.1 Å². The summed E-state index contributed by atoms with van der Waals surface area (Å²) in [6, 6.07) is 59.5. The first-order valence-electron chi connectivity index (χ1n) is 22.3. The summed E-state index contributed by atoms with van der Waals surface area (Å²) in [7, 11) is -1.34. The van der Waals surface area contributed by atoms with Gasteiger partial charge in [0.15, 0.2) is 0 Å². The topological polar surface area (TPSA) is 56.7 Å². The van der Waals surface area contributed by atoms with Crippen LogP contribution in [0.1, 0.15) is 45.7 Å². The van der Waals surface area contributed by atoms with E-state index in [-0.39, 0.29) is 25.5 Å². The Morgan fingerprint density at radius 3 is 1.98 bits per heavy atom. The smallest absolute Gasteiger partial charge is 0.216 e. The van der Waals surface area contributed by atoms with Crippen LogP contribution in [-0.4, -0.2) is 27.6 Å². The zero-order chi connectivity index (χ0) is 44.6. The van der Waals surface area contributed by atoms with Crippen molar-refractivity contribution < 1.29 is 24.5 Å². The van der Waals surface area contributed by atoms with Gasteiger partial charge in [0.05, 0.1) is 36.2 Å². The number of fused-ring (bicyclic) bond motifs is 4. The van der Waals surface area contributed by atoms with Crippen LogP contribution in [0, 0.1) is 18.1 Å². The molecule has 4 aromatic heterocycles. The Bertz CT molecular complexity index is 3170. The predicted octanol–water partition coefficient (Wildman–Crippen LogP) is 14.7. The minimum absolute atomic E-state index is 0. The van der Waals surface area contributed by atoms with E-state index in [4.69, 9.17) is 9.40 Å². The Morgan fingerprint density at radius 1 is 0.692 bits per heavy atom. The van der Waals surface area contributed by atoms with E-state index in [9.17, 15) is 0 Å². The van der Waals surface area contributed by atoms with Gasteiger partial charge < -0.3 is 14.0 Å². The molecule has 327 valence electrons. The van der Waals surface area contributed by atoms with E-state index in [0.29, 0.717) is 11.6 Å². The van der Waals surface area contributed by atoms with Gasteiger partial charge in [-0.2, -0.15) is 0 Å². The van der Waals surface area contributed by atoms with Crippen LogP contribution in [-0.2, 0) is 31.9 Å². The molecule has 0 aliphatic heterocycles. The number of benzene rings is 6. The van der Waals surface area contributed by atoms with Gasteiger partial charge in [0.25, 0.3) is 0 Å². The second kappa shape index (κ2) is 18.7. The Balaban J connectivity index is 0.000000232. The first-order valence-corrected chi connectivity index (χ1v) is 25.8. The zero-order valence-electron chi connectivity index (χ0n) is 38.4. The van der Waals surface area contributed by atoms with Crippen LogP contribution in [0.3, 0.4) is 0 Å². The SMILES string of the molecule is CC(C)(C)c1cc(-c2ccccc2)c(-n2c(-c3[c-]ccc4c3oc3ncccc34)nc3ccccc32)c(-c2ccccc2)c1.CC(C)Cc1cc(-c2[c-]cccc2)ncc1[Si](C)(C)C.[Ir]. The average Bonchev–Trinajstić information content (AvgIpc) is 3.88. The van der Waals surface area contributed by atoms with Gasteiger partial charge in [-0.3, -0.25) is 4.98 Å². The van der Waals surface area contributed by atoms with Crippen molar-refractivity contribution in [3.05, 3.63) is 187 Å². The Kier molecular flexibility index (Phi) is 13.0. The number of furan rings is 1. The third-order valence-electron chi connectivity index (χ3n) is 11.8. The number of hydrogen-bond acceptors (Lipinski definition) is 4. The van der Waals surface area contributed by atoms with Crippen LogP contribution < -0.4 is 5.19 Å². The molecule has 0 spiro atoms. The van der Waals surface area contributed by atoms with Crippen molar-refractivity contribution >= 4 is 46.4 Å². The molecule has 0 bridgehead atoms. The summed E-state index contributed by atoms with van der Waals surface area (Å²) in [5.74, 6) is 1.44. The number of rotatable bonds is 8. The van der Waals surface area contributed by atoms with Gasteiger partial charge in [-0.25, -0.2) is 4.98 Å². The normalized spacial score (nSPS) is 11.8. The van der Waals surface area contributed by atoms with Crippen molar-refractivity contribution in [3.8, 4) is 50.6 Å². The van der Waals surface area contributed by atoms with Crippen molar-refractivity contribution in [2.45, 2.75) is 66.1 Å². The molecule has 0 fully saturated rings. The molecule has 0 atom stereocenters. The number of para-hydroxylation sites is 2. The molecule has 1 radical (unpaired) electrons. The van der Waals surface area contributed by atoms with E-state index in [1.165, 1.54) is 16.3 Å². The minimum atomic E-state index is -1.34. The quantitative estimate of drug-likeness (QED) is 0.112. The molecular weight excluding hydrogens is 989 g/mol. The average molecular weight is 1040 g/mol. The molecule has 0 aliphatic rings. The molecule has 5 nitrogen and oxygen atoms in total. The van der Waals surface area contributed by atoms with Gasteiger partial charge >= 0.3 is 0 Å². The fraction of sp³-hybridized carbons (Fsp3) is 0.190. The molecule has 65 heavy (non-hydrogen) atoms. The Hall–Kier alpha value is -6.24. The van der Waals surface area contributed by atoms with Crippen molar-refractivity contribution in [3.63, 3.8) is 0 Å². The summed E-state index contributed by atoms with van der Waals surface area (Å²) in [4.78, 5) is 14.5. The predicted molar refractivity (Wildman–Crippen MR) is 270 cm³/mol. The number of pyridine rings is 2. The van der Waals surface area contributed by atoms with Crippen LogP contribution in [0.4, 0.5) is 0 Å².